The van der Waals surface area contributed by atoms with Crippen molar-refractivity contribution in [1.82, 2.24) is 0 Å². The Hall–Kier alpha value is -2.47. The third-order valence-corrected chi connectivity index (χ3v) is 4.30. The van der Waals surface area contributed by atoms with E-state index in [-0.39, 0.29) is 12.4 Å². The van der Waals surface area contributed by atoms with Gasteiger partial charge in [0.2, 0.25) is 6.10 Å². The summed E-state index contributed by atoms with van der Waals surface area (Å²) in [6, 6.07) is 10.2. The number of hydrogen-bond donors (Lipinski definition) is 0. The van der Waals surface area contributed by atoms with Crippen molar-refractivity contribution in [2.45, 2.75) is 26.1 Å². The van der Waals surface area contributed by atoms with Crippen molar-refractivity contribution in [2.24, 2.45) is 0 Å². The topological polar surface area (TPSA) is 35.5 Å². The van der Waals surface area contributed by atoms with Crippen LogP contribution in [0.15, 0.2) is 42.0 Å². The molecule has 0 saturated carbocycles. The molecule has 0 saturated heterocycles. The second-order valence-electron chi connectivity index (χ2n) is 6.10. The van der Waals surface area contributed by atoms with Gasteiger partial charge in [0.1, 0.15) is 5.75 Å². The Balaban J connectivity index is 2.18. The number of esters is 1. The largest absolute Gasteiger partial charge is 0.475 e. The van der Waals surface area contributed by atoms with Crippen LogP contribution >= 0.6 is 11.6 Å². The van der Waals surface area contributed by atoms with Crippen molar-refractivity contribution < 1.29 is 27.4 Å². The van der Waals surface area contributed by atoms with Crippen molar-refractivity contribution >= 4 is 23.6 Å². The first-order chi connectivity index (χ1) is 12.7. The first-order valence-electron chi connectivity index (χ1n) is 8.23. The van der Waals surface area contributed by atoms with Crippen LogP contribution in [0.5, 0.6) is 5.75 Å². The van der Waals surface area contributed by atoms with E-state index in [9.17, 15) is 18.0 Å². The van der Waals surface area contributed by atoms with Gasteiger partial charge in [-0.2, -0.15) is 13.2 Å². The number of carbonyl (C=O) groups is 1. The molecule has 2 aromatic rings. The van der Waals surface area contributed by atoms with Crippen LogP contribution in [-0.2, 0) is 9.53 Å². The van der Waals surface area contributed by atoms with Gasteiger partial charge in [-0.3, -0.25) is 0 Å². The fourth-order valence-electron chi connectivity index (χ4n) is 2.85. The van der Waals surface area contributed by atoms with E-state index in [1.54, 1.807) is 18.2 Å². The molecule has 0 bridgehead atoms. The SMILES string of the molecule is CCOC(=O)C1=Cc2cc(Cl)cc(-c3ccc(C)cc3)c2OC1C(F)(F)F. The summed E-state index contributed by atoms with van der Waals surface area (Å²) in [5.41, 5.74) is 1.78. The maximum Gasteiger partial charge on any atom is 0.430 e. The Kier molecular flexibility index (Phi) is 5.20. The number of fused-ring (bicyclic) bond motifs is 1. The number of halogens is 4. The van der Waals surface area contributed by atoms with Crippen LogP contribution in [0.3, 0.4) is 0 Å². The van der Waals surface area contributed by atoms with Crippen LogP contribution < -0.4 is 4.74 Å². The molecule has 2 aromatic carbocycles. The summed E-state index contributed by atoms with van der Waals surface area (Å²) < 4.78 is 50.7. The molecule has 1 heterocycles. The number of carbonyl (C=O) groups excluding carboxylic acids is 1. The van der Waals surface area contributed by atoms with Gasteiger partial charge in [-0.25, -0.2) is 4.79 Å². The second-order valence-corrected chi connectivity index (χ2v) is 6.53. The predicted molar refractivity (Wildman–Crippen MR) is 96.7 cm³/mol. The van der Waals surface area contributed by atoms with Crippen LogP contribution in [0.1, 0.15) is 18.1 Å². The lowest BCUT2D eigenvalue weighted by atomic mass is 9.95. The summed E-state index contributed by atoms with van der Waals surface area (Å²) in [7, 11) is 0. The molecule has 0 amide bonds. The molecule has 0 aliphatic carbocycles. The van der Waals surface area contributed by atoms with E-state index in [0.29, 0.717) is 21.7 Å². The number of benzene rings is 2. The Morgan fingerprint density at radius 3 is 2.48 bits per heavy atom. The molecule has 3 rings (SSSR count). The van der Waals surface area contributed by atoms with E-state index < -0.39 is 23.8 Å². The number of hydrogen-bond acceptors (Lipinski definition) is 3. The highest BCUT2D eigenvalue weighted by atomic mass is 35.5. The van der Waals surface area contributed by atoms with E-state index in [1.807, 2.05) is 19.1 Å². The maximum absolute atomic E-state index is 13.6. The third-order valence-electron chi connectivity index (χ3n) is 4.08. The van der Waals surface area contributed by atoms with Crippen molar-refractivity contribution in [3.05, 3.63) is 58.1 Å². The van der Waals surface area contributed by atoms with Crippen LogP contribution in [0.2, 0.25) is 5.02 Å². The zero-order valence-corrected chi connectivity index (χ0v) is 15.3. The van der Waals surface area contributed by atoms with Crippen molar-refractivity contribution in [3.8, 4) is 16.9 Å². The Morgan fingerprint density at radius 2 is 1.89 bits per heavy atom. The van der Waals surface area contributed by atoms with Gasteiger partial charge in [0.15, 0.2) is 0 Å². The molecule has 142 valence electrons. The summed E-state index contributed by atoms with van der Waals surface area (Å²) in [6.07, 6.45) is -6.05. The van der Waals surface area contributed by atoms with Crippen molar-refractivity contribution in [3.63, 3.8) is 0 Å². The summed E-state index contributed by atoms with van der Waals surface area (Å²) >= 11 is 6.15. The Bertz CT molecular complexity index is 902. The number of alkyl halides is 3. The highest BCUT2D eigenvalue weighted by Crippen LogP contribution is 2.44. The van der Waals surface area contributed by atoms with E-state index in [2.05, 4.69) is 0 Å². The highest BCUT2D eigenvalue weighted by Gasteiger charge is 2.49. The minimum atomic E-state index is -4.78. The summed E-state index contributed by atoms with van der Waals surface area (Å²) in [5.74, 6) is -1.04. The minimum Gasteiger partial charge on any atom is -0.475 e. The fraction of sp³-hybridized carbons (Fsp3) is 0.250. The molecular weight excluding hydrogens is 381 g/mol. The molecule has 3 nitrogen and oxygen atoms in total. The van der Waals surface area contributed by atoms with Crippen molar-refractivity contribution in [2.75, 3.05) is 6.61 Å². The lowest BCUT2D eigenvalue weighted by molar-refractivity contribution is -0.187. The lowest BCUT2D eigenvalue weighted by Gasteiger charge is -2.29. The number of aryl methyl sites for hydroxylation is 1. The highest BCUT2D eigenvalue weighted by molar-refractivity contribution is 6.31. The first kappa shape index (κ1) is 19.3. The average Bonchev–Trinajstić information content (AvgIpc) is 2.60. The third kappa shape index (κ3) is 3.95. The molecule has 0 aromatic heterocycles. The molecule has 0 spiro atoms. The van der Waals surface area contributed by atoms with Gasteiger partial charge in [-0.1, -0.05) is 41.4 Å². The van der Waals surface area contributed by atoms with Crippen molar-refractivity contribution in [1.29, 1.82) is 0 Å². The molecule has 0 N–H and O–H groups in total. The second kappa shape index (κ2) is 7.27. The van der Waals surface area contributed by atoms with E-state index >= 15 is 0 Å². The molecule has 1 unspecified atom stereocenters. The molecule has 27 heavy (non-hydrogen) atoms. The van der Waals surface area contributed by atoms with E-state index in [0.717, 1.165) is 11.6 Å². The molecular formula is C20H16ClF3O3. The normalized spacial score (nSPS) is 16.2. The van der Waals surface area contributed by atoms with Gasteiger partial charge < -0.3 is 9.47 Å². The molecule has 0 radical (unpaired) electrons. The zero-order chi connectivity index (χ0) is 19.8. The predicted octanol–water partition coefficient (Wildman–Crippen LogP) is 5.59. The number of rotatable bonds is 3. The quantitative estimate of drug-likeness (QED) is 0.635. The standard InChI is InChI=1S/C20H16ClF3O3/c1-3-26-19(25)16-9-13-8-14(21)10-15(12-6-4-11(2)5-7-12)17(13)27-18(16)20(22,23)24/h4-10,18H,3H2,1-2H3. The summed E-state index contributed by atoms with van der Waals surface area (Å²) in [4.78, 5) is 12.0. The minimum absolute atomic E-state index is 0.0265. The molecule has 7 heteroatoms. The fourth-order valence-corrected chi connectivity index (χ4v) is 3.08. The van der Waals surface area contributed by atoms with Crippen LogP contribution in [0, 0.1) is 6.92 Å². The smallest absolute Gasteiger partial charge is 0.430 e. The van der Waals surface area contributed by atoms with Gasteiger partial charge in [-0.05, 0) is 37.6 Å². The van der Waals surface area contributed by atoms with Gasteiger partial charge in [0, 0.05) is 16.1 Å². The summed E-state index contributed by atoms with van der Waals surface area (Å²) in [6.45, 7) is 3.38. The maximum atomic E-state index is 13.6. The van der Waals surface area contributed by atoms with Gasteiger partial charge >= 0.3 is 12.1 Å². The molecule has 1 aliphatic rings. The van der Waals surface area contributed by atoms with Crippen LogP contribution in [-0.4, -0.2) is 24.9 Å². The monoisotopic (exact) mass is 396 g/mol. The summed E-state index contributed by atoms with van der Waals surface area (Å²) in [5, 5.41) is 0.317. The Labute approximate surface area is 159 Å². The average molecular weight is 397 g/mol. The van der Waals surface area contributed by atoms with Crippen LogP contribution in [0.25, 0.3) is 17.2 Å². The lowest BCUT2D eigenvalue weighted by Crippen LogP contribution is -2.41. The zero-order valence-electron chi connectivity index (χ0n) is 14.6. The van der Waals surface area contributed by atoms with Gasteiger partial charge in [0.05, 0.1) is 12.2 Å². The van der Waals surface area contributed by atoms with Gasteiger partial charge in [0.25, 0.3) is 0 Å². The van der Waals surface area contributed by atoms with E-state index in [1.165, 1.54) is 13.0 Å². The number of ether oxygens (including phenoxy) is 2. The molecule has 1 atom stereocenters. The first-order valence-corrected chi connectivity index (χ1v) is 8.61. The molecule has 1 aliphatic heterocycles. The van der Waals surface area contributed by atoms with Crippen LogP contribution in [0.4, 0.5) is 13.2 Å². The molecule has 0 fully saturated rings. The Morgan fingerprint density at radius 1 is 1.22 bits per heavy atom. The van der Waals surface area contributed by atoms with Gasteiger partial charge in [-0.15, -0.1) is 0 Å². The van der Waals surface area contributed by atoms with E-state index in [4.69, 9.17) is 21.1 Å².